The Morgan fingerprint density at radius 1 is 1.45 bits per heavy atom. The van der Waals surface area contributed by atoms with Crippen molar-refractivity contribution in [1.82, 2.24) is 0 Å². The molecule has 1 saturated heterocycles. The third-order valence-corrected chi connectivity index (χ3v) is 6.68. The number of benzene rings is 1. The molecule has 0 saturated carbocycles. The Bertz CT molecular complexity index is 784. The molecule has 11 nitrogen and oxygen atoms in total. The molecule has 162 valence electrons. The molecule has 29 heavy (non-hydrogen) atoms. The molecule has 0 spiro atoms. The molecule has 1 aliphatic rings. The summed E-state index contributed by atoms with van der Waals surface area (Å²) < 4.78 is 23.6. The van der Waals surface area contributed by atoms with Crippen LogP contribution in [0.5, 0.6) is 0 Å². The highest BCUT2D eigenvalue weighted by molar-refractivity contribution is 7.58. The Balaban J connectivity index is 2.34. The number of ether oxygens (including phenoxy) is 2. The lowest BCUT2D eigenvalue weighted by molar-refractivity contribution is -0.384. The fourth-order valence-corrected chi connectivity index (χ4v) is 4.97. The van der Waals surface area contributed by atoms with E-state index in [2.05, 4.69) is 0 Å². The summed E-state index contributed by atoms with van der Waals surface area (Å²) >= 11 is 0. The Kier molecular flexibility index (Phi) is 8.12. The lowest BCUT2D eigenvalue weighted by atomic mass is 10.1. The van der Waals surface area contributed by atoms with Gasteiger partial charge in [-0.25, -0.2) is 0 Å². The van der Waals surface area contributed by atoms with E-state index in [1.807, 2.05) is 4.90 Å². The van der Waals surface area contributed by atoms with Crippen LogP contribution in [-0.4, -0.2) is 66.0 Å². The molecule has 1 aromatic carbocycles. The molecule has 1 fully saturated rings. The fourth-order valence-electron chi connectivity index (χ4n) is 3.08. The molecule has 2 rings (SSSR count). The zero-order chi connectivity index (χ0) is 21.6. The van der Waals surface area contributed by atoms with Crippen LogP contribution in [0.4, 0.5) is 11.4 Å². The van der Waals surface area contributed by atoms with E-state index in [0.717, 1.165) is 0 Å². The summed E-state index contributed by atoms with van der Waals surface area (Å²) in [5.74, 6) is -2.59. The second-order valence-electron chi connectivity index (χ2n) is 6.63. The van der Waals surface area contributed by atoms with Gasteiger partial charge in [0.15, 0.2) is 5.85 Å². The first-order valence-electron chi connectivity index (χ1n) is 9.20. The van der Waals surface area contributed by atoms with Gasteiger partial charge in [-0.3, -0.25) is 19.5 Å². The van der Waals surface area contributed by atoms with E-state index < -0.39 is 30.1 Å². The van der Waals surface area contributed by atoms with Gasteiger partial charge in [-0.1, -0.05) is 6.07 Å². The van der Waals surface area contributed by atoms with Crippen molar-refractivity contribution in [2.75, 3.05) is 44.0 Å². The number of nitrogens with zero attached hydrogens (tertiary/aromatic N) is 2. The Labute approximate surface area is 168 Å². The van der Waals surface area contributed by atoms with Crippen molar-refractivity contribution in [3.63, 3.8) is 0 Å². The number of carboxylic acids is 1. The molecule has 4 N–H and O–H groups in total. The van der Waals surface area contributed by atoms with Crippen LogP contribution in [0, 0.1) is 10.1 Å². The Morgan fingerprint density at radius 2 is 2.10 bits per heavy atom. The van der Waals surface area contributed by atoms with Crippen molar-refractivity contribution in [2.45, 2.75) is 25.2 Å². The van der Waals surface area contributed by atoms with Gasteiger partial charge >= 0.3 is 5.97 Å². The largest absolute Gasteiger partial charge is 0.480 e. The average molecular weight is 431 g/mol. The summed E-state index contributed by atoms with van der Waals surface area (Å²) in [6.07, 6.45) is -0.606. The molecule has 0 aromatic heterocycles. The summed E-state index contributed by atoms with van der Waals surface area (Å²) in [4.78, 5) is 34.3. The van der Waals surface area contributed by atoms with Crippen LogP contribution in [0.2, 0.25) is 0 Å². The molecule has 2 unspecified atom stereocenters. The van der Waals surface area contributed by atoms with Crippen LogP contribution in [-0.2, 0) is 18.8 Å². The van der Waals surface area contributed by atoms with E-state index >= 15 is 0 Å². The van der Waals surface area contributed by atoms with E-state index in [-0.39, 0.29) is 30.4 Å². The van der Waals surface area contributed by atoms with Crippen LogP contribution in [0.3, 0.4) is 0 Å². The molecule has 1 heterocycles. The van der Waals surface area contributed by atoms with Crippen LogP contribution in [0.1, 0.15) is 24.8 Å². The van der Waals surface area contributed by atoms with Crippen molar-refractivity contribution in [3.8, 4) is 0 Å². The molecule has 1 aromatic rings. The Morgan fingerprint density at radius 3 is 2.66 bits per heavy atom. The monoisotopic (exact) mass is 431 g/mol. The molecule has 0 aliphatic carbocycles. The molecular formula is C17H26N3O8P. The van der Waals surface area contributed by atoms with Gasteiger partial charge in [0.05, 0.1) is 18.1 Å². The minimum Gasteiger partial charge on any atom is -0.480 e. The molecular weight excluding hydrogens is 405 g/mol. The van der Waals surface area contributed by atoms with E-state index in [1.54, 1.807) is 6.92 Å². The van der Waals surface area contributed by atoms with Crippen LogP contribution >= 0.6 is 7.37 Å². The normalized spacial score (nSPS) is 18.7. The van der Waals surface area contributed by atoms with Gasteiger partial charge in [0.25, 0.3) is 5.69 Å². The predicted molar refractivity (Wildman–Crippen MR) is 105 cm³/mol. The van der Waals surface area contributed by atoms with Crippen molar-refractivity contribution < 1.29 is 33.8 Å². The first kappa shape index (κ1) is 23.2. The van der Waals surface area contributed by atoms with Crippen LogP contribution in [0.15, 0.2) is 18.2 Å². The van der Waals surface area contributed by atoms with Crippen molar-refractivity contribution in [1.29, 1.82) is 0 Å². The molecule has 0 bridgehead atoms. The number of morpholine rings is 1. The lowest BCUT2D eigenvalue weighted by Gasteiger charge is -2.29. The number of carbonyl (C=O) groups is 1. The van der Waals surface area contributed by atoms with Gasteiger partial charge in [0.2, 0.25) is 7.37 Å². The second-order valence-corrected chi connectivity index (χ2v) is 9.05. The van der Waals surface area contributed by atoms with E-state index in [4.69, 9.17) is 20.3 Å². The van der Waals surface area contributed by atoms with Gasteiger partial charge in [0.1, 0.15) is 11.7 Å². The maximum absolute atomic E-state index is 12.9. The number of hydrogen-bond donors (Lipinski definition) is 3. The zero-order valence-electron chi connectivity index (χ0n) is 16.1. The quantitative estimate of drug-likeness (QED) is 0.281. The summed E-state index contributed by atoms with van der Waals surface area (Å²) in [5.41, 5.74) is 5.81. The topological polar surface area (TPSA) is 165 Å². The zero-order valence-corrected chi connectivity index (χ0v) is 17.0. The Hall–Kier alpha value is -2.04. The summed E-state index contributed by atoms with van der Waals surface area (Å²) in [6, 6.07) is 3.02. The van der Waals surface area contributed by atoms with Gasteiger partial charge in [-0.2, -0.15) is 0 Å². The summed E-state index contributed by atoms with van der Waals surface area (Å²) in [5, 5.41) is 20.5. The number of nitro groups is 1. The number of nitrogens with two attached hydrogens (primary N) is 1. The summed E-state index contributed by atoms with van der Waals surface area (Å²) in [6.45, 7) is 3.64. The second kappa shape index (κ2) is 10.1. The third-order valence-electron chi connectivity index (χ3n) is 4.60. The number of nitro benzene ring substituents is 1. The maximum Gasteiger partial charge on any atom is 0.320 e. The molecule has 1 aliphatic heterocycles. The van der Waals surface area contributed by atoms with Gasteiger partial charge in [0, 0.05) is 31.9 Å². The molecule has 3 atom stereocenters. The highest BCUT2D eigenvalue weighted by Crippen LogP contribution is 2.57. The number of anilines is 1. The number of carboxylic acid groups (broad SMARTS) is 1. The number of rotatable bonds is 10. The standard InChI is InChI=1S/C17H26N3O8P/c1-2-28-17(29(25,26)10-5-13(18)16(21)22)12-3-4-14(15(11-12)20(23)24)19-6-8-27-9-7-19/h3-4,11,13,17H,2,5-10,18H2,1H3,(H,21,22)(H,25,26)/t13-,17?/m0/s1. The predicted octanol–water partition coefficient (Wildman–Crippen LogP) is 1.54. The smallest absolute Gasteiger partial charge is 0.320 e. The highest BCUT2D eigenvalue weighted by Gasteiger charge is 2.35. The highest BCUT2D eigenvalue weighted by atomic mass is 31.2. The maximum atomic E-state index is 12.9. The minimum atomic E-state index is -4.05. The fraction of sp³-hybridized carbons (Fsp3) is 0.588. The van der Waals surface area contributed by atoms with Gasteiger partial charge in [-0.15, -0.1) is 0 Å². The van der Waals surface area contributed by atoms with E-state index in [1.165, 1.54) is 18.2 Å². The van der Waals surface area contributed by atoms with E-state index in [0.29, 0.717) is 32.0 Å². The third kappa shape index (κ3) is 5.97. The van der Waals surface area contributed by atoms with Gasteiger partial charge < -0.3 is 30.1 Å². The van der Waals surface area contributed by atoms with Crippen molar-refractivity contribution >= 4 is 24.7 Å². The molecule has 12 heteroatoms. The SMILES string of the molecule is CCOC(c1ccc(N2CCOCC2)c([N+](=O)[O-])c1)P(=O)(O)CC[C@H](N)C(=O)O. The lowest BCUT2D eigenvalue weighted by Crippen LogP contribution is -2.36. The average Bonchev–Trinajstić information content (AvgIpc) is 2.70. The molecule has 0 amide bonds. The van der Waals surface area contributed by atoms with Crippen molar-refractivity contribution in [2.24, 2.45) is 5.73 Å². The van der Waals surface area contributed by atoms with Crippen LogP contribution in [0.25, 0.3) is 0 Å². The van der Waals surface area contributed by atoms with E-state index in [9.17, 15) is 24.4 Å². The minimum absolute atomic E-state index is 0.0964. The summed E-state index contributed by atoms with van der Waals surface area (Å²) in [7, 11) is -4.05. The molecule has 0 radical (unpaired) electrons. The first-order valence-corrected chi connectivity index (χ1v) is 11.1. The number of hydrogen-bond acceptors (Lipinski definition) is 8. The van der Waals surface area contributed by atoms with Crippen LogP contribution < -0.4 is 10.6 Å². The van der Waals surface area contributed by atoms with Gasteiger partial charge in [-0.05, 0) is 25.0 Å². The first-order chi connectivity index (χ1) is 13.7. The number of aliphatic carboxylic acids is 1. The van der Waals surface area contributed by atoms with Crippen molar-refractivity contribution in [3.05, 3.63) is 33.9 Å².